The van der Waals surface area contributed by atoms with Crippen LogP contribution in [0.5, 0.6) is 5.75 Å². The Kier molecular flexibility index (Phi) is 7.17. The number of carbonyl (C=O) groups excluding carboxylic acids is 1. The Morgan fingerprint density at radius 2 is 2.14 bits per heavy atom. The van der Waals surface area contributed by atoms with Crippen molar-refractivity contribution in [2.75, 3.05) is 19.5 Å². The molecule has 0 aliphatic rings. The number of oxazole rings is 1. The van der Waals surface area contributed by atoms with Crippen LogP contribution in [0.3, 0.4) is 0 Å². The maximum atomic E-state index is 11.2. The minimum Gasteiger partial charge on any atom is -0.493 e. The molecule has 0 saturated heterocycles. The number of aryl methyl sites for hydroxylation is 2. The normalized spacial score (nSPS) is 10.8. The molecule has 5 nitrogen and oxygen atoms in total. The zero-order valence-corrected chi connectivity index (χ0v) is 17.8. The molecule has 0 N–H and O–H groups in total. The molecule has 148 valence electrons. The fourth-order valence-electron chi connectivity index (χ4n) is 2.61. The van der Waals surface area contributed by atoms with E-state index in [4.69, 9.17) is 9.15 Å². The smallest absolute Gasteiger partial charge is 0.315 e. The largest absolute Gasteiger partial charge is 0.493 e. The summed E-state index contributed by atoms with van der Waals surface area (Å²) in [6.45, 7) is 4.52. The van der Waals surface area contributed by atoms with Gasteiger partial charge in [-0.05, 0) is 48.6 Å². The lowest BCUT2D eigenvalue weighted by Crippen LogP contribution is -2.04. The zero-order chi connectivity index (χ0) is 19.9. The van der Waals surface area contributed by atoms with Gasteiger partial charge in [-0.15, -0.1) is 23.1 Å². The Morgan fingerprint density at radius 3 is 2.89 bits per heavy atom. The maximum absolute atomic E-state index is 11.2. The van der Waals surface area contributed by atoms with Crippen LogP contribution in [0, 0.1) is 13.8 Å². The van der Waals surface area contributed by atoms with Gasteiger partial charge in [-0.1, -0.05) is 12.1 Å². The molecule has 2 heterocycles. The van der Waals surface area contributed by atoms with Gasteiger partial charge in [0.1, 0.15) is 11.5 Å². The van der Waals surface area contributed by atoms with Gasteiger partial charge < -0.3 is 13.9 Å². The minimum atomic E-state index is -0.211. The number of aromatic nitrogens is 1. The molecular weight excluding hydrogens is 394 g/mol. The summed E-state index contributed by atoms with van der Waals surface area (Å²) in [6.07, 6.45) is 0.682. The molecule has 28 heavy (non-hydrogen) atoms. The number of thiophene rings is 1. The van der Waals surface area contributed by atoms with Crippen LogP contribution in [0.15, 0.2) is 40.1 Å². The van der Waals surface area contributed by atoms with E-state index in [0.717, 1.165) is 33.4 Å². The van der Waals surface area contributed by atoms with Crippen LogP contribution in [0.2, 0.25) is 0 Å². The highest BCUT2D eigenvalue weighted by Gasteiger charge is 2.13. The summed E-state index contributed by atoms with van der Waals surface area (Å²) in [5.41, 5.74) is 3.25. The number of benzene rings is 1. The van der Waals surface area contributed by atoms with Crippen LogP contribution in [0.25, 0.3) is 10.8 Å². The molecule has 0 spiro atoms. The monoisotopic (exact) mass is 417 g/mol. The average molecular weight is 418 g/mol. The summed E-state index contributed by atoms with van der Waals surface area (Å²) in [4.78, 5) is 16.9. The van der Waals surface area contributed by atoms with Crippen molar-refractivity contribution in [2.45, 2.75) is 26.0 Å². The Balaban J connectivity index is 1.52. The number of nitrogens with zero attached hydrogens (tertiary/aromatic N) is 1. The van der Waals surface area contributed by atoms with Gasteiger partial charge in [0, 0.05) is 12.2 Å². The molecule has 3 aromatic rings. The summed E-state index contributed by atoms with van der Waals surface area (Å²) < 4.78 is 16.4. The molecule has 7 heteroatoms. The number of carbonyl (C=O) groups is 1. The molecule has 3 rings (SSSR count). The minimum absolute atomic E-state index is 0.211. The standard InChI is InChI=1S/C21H23NO4S2/c1-14-9-19(28-11-14)21-22-18(15(2)26-21)7-8-25-17-6-4-5-16(10-17)12-27-13-20(23)24-3/h4-6,9-11H,7-8,12-13H2,1-3H3. The van der Waals surface area contributed by atoms with E-state index in [-0.39, 0.29) is 5.97 Å². The lowest BCUT2D eigenvalue weighted by atomic mass is 10.2. The highest BCUT2D eigenvalue weighted by atomic mass is 32.2. The van der Waals surface area contributed by atoms with Gasteiger partial charge in [-0.2, -0.15) is 0 Å². The Bertz CT molecular complexity index is 932. The van der Waals surface area contributed by atoms with E-state index >= 15 is 0 Å². The molecule has 0 saturated carbocycles. The van der Waals surface area contributed by atoms with Gasteiger partial charge in [0.15, 0.2) is 0 Å². The fourth-order valence-corrected chi connectivity index (χ4v) is 4.24. The van der Waals surface area contributed by atoms with Crippen molar-refractivity contribution in [3.8, 4) is 16.5 Å². The predicted octanol–water partition coefficient (Wildman–Crippen LogP) is 5.05. The van der Waals surface area contributed by atoms with E-state index < -0.39 is 0 Å². The summed E-state index contributed by atoms with van der Waals surface area (Å²) >= 11 is 3.16. The van der Waals surface area contributed by atoms with Crippen molar-refractivity contribution in [1.29, 1.82) is 0 Å². The molecule has 0 unspecified atom stereocenters. The molecule has 2 aromatic heterocycles. The van der Waals surface area contributed by atoms with Crippen molar-refractivity contribution in [1.82, 2.24) is 4.98 Å². The molecule has 0 amide bonds. The second-order valence-electron chi connectivity index (χ2n) is 6.33. The summed E-state index contributed by atoms with van der Waals surface area (Å²) in [7, 11) is 1.40. The lowest BCUT2D eigenvalue weighted by molar-refractivity contribution is -0.137. The van der Waals surface area contributed by atoms with Crippen molar-refractivity contribution < 1.29 is 18.7 Å². The first-order chi connectivity index (χ1) is 13.5. The van der Waals surface area contributed by atoms with Crippen LogP contribution in [-0.4, -0.2) is 30.4 Å². The topological polar surface area (TPSA) is 61.6 Å². The second kappa shape index (κ2) is 9.80. The summed E-state index contributed by atoms with van der Waals surface area (Å²) in [5.74, 6) is 3.19. The van der Waals surface area contributed by atoms with E-state index in [1.807, 2.05) is 31.2 Å². The van der Waals surface area contributed by atoms with Crippen LogP contribution in [0.1, 0.15) is 22.6 Å². The van der Waals surface area contributed by atoms with Gasteiger partial charge in [0.2, 0.25) is 5.89 Å². The molecular formula is C21H23NO4S2. The number of esters is 1. The predicted molar refractivity (Wildman–Crippen MR) is 113 cm³/mol. The number of thioether (sulfide) groups is 1. The van der Waals surface area contributed by atoms with Crippen molar-refractivity contribution in [3.63, 3.8) is 0 Å². The molecule has 0 bridgehead atoms. The molecule has 0 aliphatic carbocycles. The molecule has 1 aromatic carbocycles. The summed E-state index contributed by atoms with van der Waals surface area (Å²) in [6, 6.07) is 10.00. The van der Waals surface area contributed by atoms with Gasteiger partial charge in [0.25, 0.3) is 0 Å². The third-order valence-corrected chi connectivity index (χ3v) is 6.07. The number of hydrogen-bond donors (Lipinski definition) is 0. The first kappa shape index (κ1) is 20.5. The van der Waals surface area contributed by atoms with Crippen LogP contribution in [-0.2, 0) is 21.7 Å². The Hall–Kier alpha value is -2.25. The van der Waals surface area contributed by atoms with Gasteiger partial charge in [-0.3, -0.25) is 4.79 Å². The van der Waals surface area contributed by atoms with E-state index in [0.29, 0.717) is 24.7 Å². The first-order valence-electron chi connectivity index (χ1n) is 8.93. The zero-order valence-electron chi connectivity index (χ0n) is 16.2. The van der Waals surface area contributed by atoms with Crippen molar-refractivity contribution in [2.24, 2.45) is 0 Å². The first-order valence-corrected chi connectivity index (χ1v) is 11.0. The number of ether oxygens (including phenoxy) is 2. The van der Waals surface area contributed by atoms with Crippen LogP contribution in [0.4, 0.5) is 0 Å². The molecule has 0 radical (unpaired) electrons. The van der Waals surface area contributed by atoms with Gasteiger partial charge >= 0.3 is 5.97 Å². The van der Waals surface area contributed by atoms with Gasteiger partial charge in [-0.25, -0.2) is 4.98 Å². The lowest BCUT2D eigenvalue weighted by Gasteiger charge is -2.07. The van der Waals surface area contributed by atoms with E-state index in [1.165, 1.54) is 24.4 Å². The Morgan fingerprint density at radius 1 is 1.29 bits per heavy atom. The average Bonchev–Trinajstić information content (AvgIpc) is 3.28. The van der Waals surface area contributed by atoms with E-state index in [9.17, 15) is 4.79 Å². The maximum Gasteiger partial charge on any atom is 0.315 e. The van der Waals surface area contributed by atoms with E-state index in [2.05, 4.69) is 28.1 Å². The van der Waals surface area contributed by atoms with E-state index in [1.54, 1.807) is 11.3 Å². The van der Waals surface area contributed by atoms with Gasteiger partial charge in [0.05, 0.1) is 30.0 Å². The third kappa shape index (κ3) is 5.62. The highest BCUT2D eigenvalue weighted by molar-refractivity contribution is 7.99. The Labute approximate surface area is 173 Å². The quantitative estimate of drug-likeness (QED) is 0.454. The van der Waals surface area contributed by atoms with Crippen LogP contribution < -0.4 is 4.74 Å². The number of methoxy groups -OCH3 is 1. The third-order valence-electron chi connectivity index (χ3n) is 4.06. The number of hydrogen-bond acceptors (Lipinski definition) is 7. The SMILES string of the molecule is COC(=O)CSCc1cccc(OCCc2nc(-c3cc(C)cs3)oc2C)c1. The molecule has 0 atom stereocenters. The van der Waals surface area contributed by atoms with Crippen molar-refractivity contribution in [3.05, 3.63) is 58.3 Å². The number of rotatable bonds is 9. The van der Waals surface area contributed by atoms with Crippen molar-refractivity contribution >= 4 is 29.1 Å². The fraction of sp³-hybridized carbons (Fsp3) is 0.333. The second-order valence-corrected chi connectivity index (χ2v) is 8.22. The molecule has 0 aliphatic heterocycles. The highest BCUT2D eigenvalue weighted by Crippen LogP contribution is 2.28. The molecule has 0 fully saturated rings. The van der Waals surface area contributed by atoms with Crippen LogP contribution >= 0.6 is 23.1 Å². The summed E-state index contributed by atoms with van der Waals surface area (Å²) in [5, 5.41) is 2.09.